The molecule has 0 bridgehead atoms. The van der Waals surface area contributed by atoms with Gasteiger partial charge in [-0.15, -0.1) is 0 Å². The van der Waals surface area contributed by atoms with Crippen LogP contribution in [0.15, 0.2) is 22.7 Å². The lowest BCUT2D eigenvalue weighted by atomic mass is 10.1. The van der Waals surface area contributed by atoms with Crippen LogP contribution in [-0.2, 0) is 9.47 Å². The second kappa shape index (κ2) is 5.87. The van der Waals surface area contributed by atoms with E-state index in [1.54, 1.807) is 12.1 Å². The van der Waals surface area contributed by atoms with E-state index in [1.165, 1.54) is 6.07 Å². The lowest BCUT2D eigenvalue weighted by Crippen LogP contribution is -2.32. The van der Waals surface area contributed by atoms with E-state index in [1.807, 2.05) is 20.8 Å². The first kappa shape index (κ1) is 14.9. The SMILES string of the molecule is CC(NCC1COC(C)(C)O1)c1ccc(F)c(Br)c1. The molecular formula is C14H19BrFNO2. The molecule has 1 N–H and O–H groups in total. The molecule has 5 heteroatoms. The number of ether oxygens (including phenoxy) is 2. The van der Waals surface area contributed by atoms with Gasteiger partial charge in [0, 0.05) is 12.6 Å². The van der Waals surface area contributed by atoms with Gasteiger partial charge in [-0.25, -0.2) is 4.39 Å². The molecule has 1 aromatic carbocycles. The Kier molecular flexibility index (Phi) is 4.61. The van der Waals surface area contributed by atoms with Gasteiger partial charge in [0.25, 0.3) is 0 Å². The molecule has 1 fully saturated rings. The highest BCUT2D eigenvalue weighted by atomic mass is 79.9. The van der Waals surface area contributed by atoms with Crippen molar-refractivity contribution in [3.05, 3.63) is 34.1 Å². The van der Waals surface area contributed by atoms with Gasteiger partial charge in [-0.05, 0) is 54.4 Å². The highest BCUT2D eigenvalue weighted by Crippen LogP contribution is 2.24. The lowest BCUT2D eigenvalue weighted by Gasteiger charge is -2.19. The Morgan fingerprint density at radius 3 is 2.84 bits per heavy atom. The molecule has 1 saturated heterocycles. The van der Waals surface area contributed by atoms with Gasteiger partial charge in [0.05, 0.1) is 17.2 Å². The smallest absolute Gasteiger partial charge is 0.163 e. The second-order valence-corrected chi connectivity index (χ2v) is 6.11. The predicted molar refractivity (Wildman–Crippen MR) is 75.4 cm³/mol. The quantitative estimate of drug-likeness (QED) is 0.917. The van der Waals surface area contributed by atoms with E-state index < -0.39 is 5.79 Å². The molecule has 106 valence electrons. The summed E-state index contributed by atoms with van der Waals surface area (Å²) in [6.07, 6.45) is 0.0568. The van der Waals surface area contributed by atoms with Crippen molar-refractivity contribution >= 4 is 15.9 Å². The molecular weight excluding hydrogens is 313 g/mol. The molecule has 1 aliphatic rings. The van der Waals surface area contributed by atoms with E-state index in [4.69, 9.17) is 9.47 Å². The number of benzene rings is 1. The van der Waals surface area contributed by atoms with E-state index in [-0.39, 0.29) is 18.0 Å². The highest BCUT2D eigenvalue weighted by molar-refractivity contribution is 9.10. The van der Waals surface area contributed by atoms with Gasteiger partial charge in [0.1, 0.15) is 5.82 Å². The van der Waals surface area contributed by atoms with E-state index in [9.17, 15) is 4.39 Å². The zero-order chi connectivity index (χ0) is 14.0. The molecule has 2 atom stereocenters. The van der Waals surface area contributed by atoms with E-state index >= 15 is 0 Å². The summed E-state index contributed by atoms with van der Waals surface area (Å²) in [6, 6.07) is 5.18. The first-order chi connectivity index (χ1) is 8.87. The molecule has 1 aliphatic heterocycles. The summed E-state index contributed by atoms with van der Waals surface area (Å²) in [5.74, 6) is -0.737. The van der Waals surface area contributed by atoms with E-state index in [0.29, 0.717) is 17.6 Å². The molecule has 0 saturated carbocycles. The third-order valence-corrected chi connectivity index (χ3v) is 3.77. The Bertz CT molecular complexity index is 453. The predicted octanol–water partition coefficient (Wildman–Crippen LogP) is 3.39. The minimum atomic E-state index is -0.492. The minimum Gasteiger partial charge on any atom is -0.348 e. The summed E-state index contributed by atoms with van der Waals surface area (Å²) < 4.78 is 24.9. The van der Waals surface area contributed by atoms with E-state index in [0.717, 1.165) is 5.56 Å². The van der Waals surface area contributed by atoms with Crippen LogP contribution in [0.3, 0.4) is 0 Å². The maximum Gasteiger partial charge on any atom is 0.163 e. The first-order valence-corrected chi connectivity index (χ1v) is 7.17. The zero-order valence-corrected chi connectivity index (χ0v) is 13.0. The molecule has 0 radical (unpaired) electrons. The highest BCUT2D eigenvalue weighted by Gasteiger charge is 2.32. The number of nitrogens with one attached hydrogen (secondary N) is 1. The van der Waals surface area contributed by atoms with Gasteiger partial charge in [-0.2, -0.15) is 0 Å². The van der Waals surface area contributed by atoms with Crippen LogP contribution in [0.4, 0.5) is 4.39 Å². The molecule has 2 rings (SSSR count). The third-order valence-electron chi connectivity index (χ3n) is 3.16. The van der Waals surface area contributed by atoms with Gasteiger partial charge in [0.15, 0.2) is 5.79 Å². The summed E-state index contributed by atoms with van der Waals surface area (Å²) in [6.45, 7) is 7.17. The van der Waals surface area contributed by atoms with Gasteiger partial charge < -0.3 is 14.8 Å². The van der Waals surface area contributed by atoms with Crippen LogP contribution in [-0.4, -0.2) is 25.0 Å². The minimum absolute atomic E-state index is 0.0568. The number of hydrogen-bond acceptors (Lipinski definition) is 3. The van der Waals surface area contributed by atoms with Crippen LogP contribution in [0.2, 0.25) is 0 Å². The lowest BCUT2D eigenvalue weighted by molar-refractivity contribution is -0.137. The molecule has 0 aromatic heterocycles. The largest absolute Gasteiger partial charge is 0.348 e. The van der Waals surface area contributed by atoms with Crippen molar-refractivity contribution in [3.8, 4) is 0 Å². The molecule has 19 heavy (non-hydrogen) atoms. The maximum absolute atomic E-state index is 13.2. The second-order valence-electron chi connectivity index (χ2n) is 5.25. The Balaban J connectivity index is 1.87. The normalized spacial score (nSPS) is 23.5. The van der Waals surface area contributed by atoms with Crippen LogP contribution in [0.25, 0.3) is 0 Å². The summed E-state index contributed by atoms with van der Waals surface area (Å²) in [7, 11) is 0. The number of halogens is 2. The van der Waals surface area contributed by atoms with Crippen molar-refractivity contribution in [2.24, 2.45) is 0 Å². The van der Waals surface area contributed by atoms with Crippen LogP contribution < -0.4 is 5.32 Å². The van der Waals surface area contributed by atoms with Gasteiger partial charge in [0.2, 0.25) is 0 Å². The average Bonchev–Trinajstić information content (AvgIpc) is 2.69. The Hall–Kier alpha value is -0.490. The topological polar surface area (TPSA) is 30.5 Å². The van der Waals surface area contributed by atoms with Gasteiger partial charge in [-0.1, -0.05) is 6.07 Å². The number of rotatable bonds is 4. The average molecular weight is 332 g/mol. The zero-order valence-electron chi connectivity index (χ0n) is 11.4. The maximum atomic E-state index is 13.2. The molecule has 0 amide bonds. The standard InChI is InChI=1S/C14H19BrFNO2/c1-9(10-4-5-13(16)12(15)6-10)17-7-11-8-18-14(2,3)19-11/h4-6,9,11,17H,7-8H2,1-3H3. The molecule has 3 nitrogen and oxygen atoms in total. The van der Waals surface area contributed by atoms with Crippen LogP contribution in [0.1, 0.15) is 32.4 Å². The van der Waals surface area contributed by atoms with Crippen molar-refractivity contribution in [1.82, 2.24) is 5.32 Å². The molecule has 2 unspecified atom stereocenters. The number of hydrogen-bond donors (Lipinski definition) is 1. The summed E-state index contributed by atoms with van der Waals surface area (Å²) in [4.78, 5) is 0. The molecule has 0 spiro atoms. The van der Waals surface area contributed by atoms with Gasteiger partial charge in [-0.3, -0.25) is 0 Å². The van der Waals surface area contributed by atoms with Crippen molar-refractivity contribution in [2.75, 3.05) is 13.2 Å². The Labute approximate surface area is 121 Å². The molecule has 1 aromatic rings. The summed E-state index contributed by atoms with van der Waals surface area (Å²) in [5.41, 5.74) is 1.03. The Morgan fingerprint density at radius 2 is 2.26 bits per heavy atom. The first-order valence-electron chi connectivity index (χ1n) is 6.37. The molecule has 0 aliphatic carbocycles. The fourth-order valence-corrected chi connectivity index (χ4v) is 2.47. The van der Waals surface area contributed by atoms with Crippen molar-refractivity contribution in [3.63, 3.8) is 0 Å². The van der Waals surface area contributed by atoms with Crippen LogP contribution in [0, 0.1) is 5.82 Å². The monoisotopic (exact) mass is 331 g/mol. The molecule has 1 heterocycles. The van der Waals surface area contributed by atoms with Crippen molar-refractivity contribution < 1.29 is 13.9 Å². The van der Waals surface area contributed by atoms with Gasteiger partial charge >= 0.3 is 0 Å². The van der Waals surface area contributed by atoms with Crippen LogP contribution in [0.5, 0.6) is 0 Å². The van der Waals surface area contributed by atoms with Crippen molar-refractivity contribution in [1.29, 1.82) is 0 Å². The summed E-state index contributed by atoms with van der Waals surface area (Å²) in [5, 5.41) is 3.38. The Morgan fingerprint density at radius 1 is 1.53 bits per heavy atom. The fraction of sp³-hybridized carbons (Fsp3) is 0.571. The van der Waals surface area contributed by atoms with Crippen molar-refractivity contribution in [2.45, 2.75) is 38.7 Å². The van der Waals surface area contributed by atoms with Crippen LogP contribution >= 0.6 is 15.9 Å². The third kappa shape index (κ3) is 3.99. The fourth-order valence-electron chi connectivity index (χ4n) is 2.07. The van der Waals surface area contributed by atoms with E-state index in [2.05, 4.69) is 21.2 Å². The summed E-state index contributed by atoms with van der Waals surface area (Å²) >= 11 is 3.20.